The Morgan fingerprint density at radius 1 is 1.39 bits per heavy atom. The van der Waals surface area contributed by atoms with E-state index < -0.39 is 0 Å². The standard InChI is InChI=1S/C15H23NO2/c1-3-12-6-4-5-7-14(12)18-11-15(2,10-17)16-13-8-9-13/h4-7,13,16-17H,3,8-11H2,1-2H3. The van der Waals surface area contributed by atoms with Gasteiger partial charge >= 0.3 is 0 Å². The van der Waals surface area contributed by atoms with Crippen LogP contribution in [0.3, 0.4) is 0 Å². The lowest BCUT2D eigenvalue weighted by Crippen LogP contribution is -2.51. The monoisotopic (exact) mass is 249 g/mol. The van der Waals surface area contributed by atoms with Crippen LogP contribution in [0.4, 0.5) is 0 Å². The molecular weight excluding hydrogens is 226 g/mol. The fourth-order valence-corrected chi connectivity index (χ4v) is 2.03. The van der Waals surface area contributed by atoms with E-state index in [4.69, 9.17) is 4.74 Å². The third-order valence-corrected chi connectivity index (χ3v) is 3.38. The summed E-state index contributed by atoms with van der Waals surface area (Å²) >= 11 is 0. The Morgan fingerprint density at radius 3 is 2.72 bits per heavy atom. The summed E-state index contributed by atoms with van der Waals surface area (Å²) in [6.45, 7) is 4.73. The molecule has 1 aromatic rings. The van der Waals surface area contributed by atoms with Crippen molar-refractivity contribution in [3.8, 4) is 5.75 Å². The lowest BCUT2D eigenvalue weighted by atomic mass is 10.1. The number of para-hydroxylation sites is 1. The molecule has 0 aliphatic heterocycles. The molecule has 3 nitrogen and oxygen atoms in total. The predicted molar refractivity (Wildman–Crippen MR) is 73.0 cm³/mol. The van der Waals surface area contributed by atoms with E-state index in [1.165, 1.54) is 18.4 Å². The molecule has 100 valence electrons. The van der Waals surface area contributed by atoms with Crippen molar-refractivity contribution in [1.29, 1.82) is 0 Å². The zero-order valence-corrected chi connectivity index (χ0v) is 11.3. The Kier molecular flexibility index (Phi) is 4.25. The second kappa shape index (κ2) is 5.72. The minimum atomic E-state index is -0.345. The molecule has 2 rings (SSSR count). The molecule has 1 atom stereocenters. The number of ether oxygens (including phenoxy) is 1. The summed E-state index contributed by atoms with van der Waals surface area (Å²) in [5.74, 6) is 0.928. The second-order valence-electron chi connectivity index (χ2n) is 5.39. The molecule has 0 saturated heterocycles. The molecule has 2 N–H and O–H groups in total. The van der Waals surface area contributed by atoms with Gasteiger partial charge in [0, 0.05) is 6.04 Å². The number of aliphatic hydroxyl groups is 1. The van der Waals surface area contributed by atoms with Crippen LogP contribution in [0.15, 0.2) is 24.3 Å². The highest BCUT2D eigenvalue weighted by Crippen LogP contribution is 2.24. The van der Waals surface area contributed by atoms with E-state index in [0.717, 1.165) is 12.2 Å². The van der Waals surface area contributed by atoms with Gasteiger partial charge < -0.3 is 15.2 Å². The van der Waals surface area contributed by atoms with Crippen LogP contribution in [0.25, 0.3) is 0 Å². The van der Waals surface area contributed by atoms with Crippen molar-refractivity contribution in [2.75, 3.05) is 13.2 Å². The average Bonchev–Trinajstić information content (AvgIpc) is 3.20. The minimum absolute atomic E-state index is 0.0950. The van der Waals surface area contributed by atoms with Gasteiger partial charge in [-0.3, -0.25) is 0 Å². The van der Waals surface area contributed by atoms with Gasteiger partial charge in [-0.2, -0.15) is 0 Å². The van der Waals surface area contributed by atoms with E-state index in [1.807, 2.05) is 25.1 Å². The fourth-order valence-electron chi connectivity index (χ4n) is 2.03. The molecule has 0 radical (unpaired) electrons. The average molecular weight is 249 g/mol. The summed E-state index contributed by atoms with van der Waals surface area (Å²) in [6, 6.07) is 8.65. The van der Waals surface area contributed by atoms with E-state index in [0.29, 0.717) is 12.6 Å². The molecule has 0 bridgehead atoms. The third kappa shape index (κ3) is 3.47. The van der Waals surface area contributed by atoms with Crippen LogP contribution in [0.5, 0.6) is 5.75 Å². The quantitative estimate of drug-likeness (QED) is 0.778. The lowest BCUT2D eigenvalue weighted by molar-refractivity contribution is 0.114. The topological polar surface area (TPSA) is 41.5 Å². The Bertz CT molecular complexity index is 390. The summed E-state index contributed by atoms with van der Waals surface area (Å²) in [5.41, 5.74) is 0.867. The van der Waals surface area contributed by atoms with Crippen LogP contribution in [0.2, 0.25) is 0 Å². The van der Waals surface area contributed by atoms with E-state index >= 15 is 0 Å². The Balaban J connectivity index is 1.95. The highest BCUT2D eigenvalue weighted by Gasteiger charge is 2.32. The van der Waals surface area contributed by atoms with Crippen molar-refractivity contribution >= 4 is 0 Å². The van der Waals surface area contributed by atoms with Crippen LogP contribution in [0.1, 0.15) is 32.3 Å². The molecule has 1 fully saturated rings. The van der Waals surface area contributed by atoms with Crippen molar-refractivity contribution in [1.82, 2.24) is 5.32 Å². The number of nitrogens with one attached hydrogen (secondary N) is 1. The highest BCUT2D eigenvalue weighted by molar-refractivity contribution is 5.33. The molecule has 0 heterocycles. The minimum Gasteiger partial charge on any atom is -0.491 e. The summed E-state index contributed by atoms with van der Waals surface area (Å²) in [7, 11) is 0. The van der Waals surface area contributed by atoms with Crippen molar-refractivity contribution in [2.24, 2.45) is 0 Å². The van der Waals surface area contributed by atoms with E-state index in [-0.39, 0.29) is 12.1 Å². The zero-order chi connectivity index (χ0) is 13.0. The summed E-state index contributed by atoms with van der Waals surface area (Å²) in [5, 5.41) is 13.0. The maximum absolute atomic E-state index is 9.52. The normalized spacial score (nSPS) is 18.4. The first kappa shape index (κ1) is 13.4. The fraction of sp³-hybridized carbons (Fsp3) is 0.600. The largest absolute Gasteiger partial charge is 0.491 e. The predicted octanol–water partition coefficient (Wildman–Crippen LogP) is 2.13. The van der Waals surface area contributed by atoms with Gasteiger partial charge in [-0.1, -0.05) is 25.1 Å². The smallest absolute Gasteiger partial charge is 0.122 e. The number of aliphatic hydroxyl groups excluding tert-OH is 1. The van der Waals surface area contributed by atoms with E-state index in [2.05, 4.69) is 18.3 Å². The first-order valence-electron chi connectivity index (χ1n) is 6.76. The molecule has 18 heavy (non-hydrogen) atoms. The van der Waals surface area contributed by atoms with Gasteiger partial charge in [-0.15, -0.1) is 0 Å². The maximum atomic E-state index is 9.52. The number of benzene rings is 1. The zero-order valence-electron chi connectivity index (χ0n) is 11.3. The maximum Gasteiger partial charge on any atom is 0.122 e. The van der Waals surface area contributed by atoms with E-state index in [9.17, 15) is 5.11 Å². The molecule has 0 amide bonds. The van der Waals surface area contributed by atoms with Gasteiger partial charge in [0.05, 0.1) is 12.1 Å². The van der Waals surface area contributed by atoms with Gasteiger partial charge in [0.15, 0.2) is 0 Å². The lowest BCUT2D eigenvalue weighted by Gasteiger charge is -2.29. The number of hydrogen-bond donors (Lipinski definition) is 2. The number of rotatable bonds is 7. The van der Waals surface area contributed by atoms with Gasteiger partial charge in [0.25, 0.3) is 0 Å². The van der Waals surface area contributed by atoms with Gasteiger partial charge in [0.2, 0.25) is 0 Å². The van der Waals surface area contributed by atoms with Gasteiger partial charge in [-0.25, -0.2) is 0 Å². The second-order valence-corrected chi connectivity index (χ2v) is 5.39. The molecule has 1 aromatic carbocycles. The third-order valence-electron chi connectivity index (χ3n) is 3.38. The number of aryl methyl sites for hydroxylation is 1. The molecule has 1 saturated carbocycles. The first-order chi connectivity index (χ1) is 8.67. The summed E-state index contributed by atoms with van der Waals surface area (Å²) in [4.78, 5) is 0. The van der Waals surface area contributed by atoms with Crippen molar-refractivity contribution < 1.29 is 9.84 Å². The van der Waals surface area contributed by atoms with Gasteiger partial charge in [0.1, 0.15) is 12.4 Å². The molecule has 0 aromatic heterocycles. The highest BCUT2D eigenvalue weighted by atomic mass is 16.5. The van der Waals surface area contributed by atoms with Crippen LogP contribution >= 0.6 is 0 Å². The molecular formula is C15H23NO2. The molecule has 1 aliphatic carbocycles. The molecule has 1 unspecified atom stereocenters. The summed E-state index contributed by atoms with van der Waals surface area (Å²) in [6.07, 6.45) is 3.38. The molecule has 0 spiro atoms. The SMILES string of the molecule is CCc1ccccc1OCC(C)(CO)NC1CC1. The van der Waals surface area contributed by atoms with Crippen molar-refractivity contribution in [3.05, 3.63) is 29.8 Å². The number of hydrogen-bond acceptors (Lipinski definition) is 3. The van der Waals surface area contributed by atoms with Crippen LogP contribution in [-0.2, 0) is 6.42 Å². The molecule has 1 aliphatic rings. The molecule has 3 heteroatoms. The van der Waals surface area contributed by atoms with Crippen LogP contribution in [-0.4, -0.2) is 29.9 Å². The van der Waals surface area contributed by atoms with Crippen molar-refractivity contribution in [3.63, 3.8) is 0 Å². The van der Waals surface area contributed by atoms with Crippen LogP contribution in [0, 0.1) is 0 Å². The van der Waals surface area contributed by atoms with Crippen LogP contribution < -0.4 is 10.1 Å². The summed E-state index contributed by atoms with van der Waals surface area (Å²) < 4.78 is 5.89. The Hall–Kier alpha value is -1.06. The first-order valence-corrected chi connectivity index (χ1v) is 6.76. The Morgan fingerprint density at radius 2 is 2.11 bits per heavy atom. The van der Waals surface area contributed by atoms with E-state index in [1.54, 1.807) is 0 Å². The van der Waals surface area contributed by atoms with Crippen molar-refractivity contribution in [2.45, 2.75) is 44.7 Å². The Labute approximate surface area is 109 Å². The van der Waals surface area contributed by atoms with Gasteiger partial charge in [-0.05, 0) is 37.8 Å².